The van der Waals surface area contributed by atoms with Crippen LogP contribution in [0.1, 0.15) is 47.5 Å². The van der Waals surface area contributed by atoms with Gasteiger partial charge >= 0.3 is 0 Å². The monoisotopic (exact) mass is 220 g/mol. The van der Waals surface area contributed by atoms with Gasteiger partial charge in [-0.25, -0.2) is 0 Å². The maximum atomic E-state index is 8.24. The summed E-state index contributed by atoms with van der Waals surface area (Å²) in [6.07, 6.45) is 3.01. The molecule has 3 heteroatoms. The van der Waals surface area contributed by atoms with Gasteiger partial charge in [-0.2, -0.15) is 0 Å². The minimum absolute atomic E-state index is 0.143. The van der Waals surface area contributed by atoms with Crippen molar-refractivity contribution in [2.24, 2.45) is 0 Å². The molecule has 0 aliphatic heterocycles. The van der Waals surface area contributed by atoms with Gasteiger partial charge in [0.15, 0.2) is 0 Å². The molecule has 15 heavy (non-hydrogen) atoms. The van der Waals surface area contributed by atoms with Gasteiger partial charge < -0.3 is 14.6 Å². The molecular formula is C12H28O3. The Morgan fingerprint density at radius 1 is 1.00 bits per heavy atom. The number of ether oxygens (including phenoxy) is 2. The van der Waals surface area contributed by atoms with E-state index in [9.17, 15) is 0 Å². The van der Waals surface area contributed by atoms with Crippen LogP contribution in [0.15, 0.2) is 0 Å². The van der Waals surface area contributed by atoms with E-state index < -0.39 is 0 Å². The number of unbranched alkanes of at least 4 members (excludes halogenated alkanes) is 1. The van der Waals surface area contributed by atoms with Crippen LogP contribution in [-0.4, -0.2) is 37.1 Å². The summed E-state index contributed by atoms with van der Waals surface area (Å²) in [5, 5.41) is 8.24. The van der Waals surface area contributed by atoms with Crippen molar-refractivity contribution in [1.82, 2.24) is 0 Å². The first kappa shape index (κ1) is 17.3. The van der Waals surface area contributed by atoms with Gasteiger partial charge in [-0.3, -0.25) is 0 Å². The quantitative estimate of drug-likeness (QED) is 0.670. The van der Waals surface area contributed by atoms with E-state index in [1.807, 2.05) is 27.7 Å². The van der Waals surface area contributed by atoms with Crippen molar-refractivity contribution >= 4 is 0 Å². The van der Waals surface area contributed by atoms with Crippen LogP contribution in [0.3, 0.4) is 0 Å². The van der Waals surface area contributed by atoms with Gasteiger partial charge in [-0.05, 0) is 34.1 Å². The zero-order chi connectivity index (χ0) is 12.1. The van der Waals surface area contributed by atoms with Crippen LogP contribution < -0.4 is 0 Å². The molecule has 0 rings (SSSR count). The Morgan fingerprint density at radius 2 is 1.53 bits per heavy atom. The number of hydrogen-bond donors (Lipinski definition) is 1. The topological polar surface area (TPSA) is 38.7 Å². The lowest BCUT2D eigenvalue weighted by molar-refractivity contribution is 0.0300. The van der Waals surface area contributed by atoms with Gasteiger partial charge in [-0.1, -0.05) is 13.3 Å². The van der Waals surface area contributed by atoms with E-state index in [1.165, 1.54) is 0 Å². The minimum atomic E-state index is 0.143. The average molecular weight is 220 g/mol. The standard InChI is InChI=1S/C6H14O2.C6H14O/c1-2-3-5-8-6-4-7;1-5(2)7-6(3)4/h7H,2-6H2,1H3;5-6H,1-4H3. The first-order chi connectivity index (χ1) is 7.04. The summed E-state index contributed by atoms with van der Waals surface area (Å²) < 4.78 is 10.2. The van der Waals surface area contributed by atoms with Crippen LogP contribution in [-0.2, 0) is 9.47 Å². The molecule has 0 bridgehead atoms. The van der Waals surface area contributed by atoms with Crippen LogP contribution in [0.5, 0.6) is 0 Å². The third-order valence-electron chi connectivity index (χ3n) is 1.42. The van der Waals surface area contributed by atoms with Crippen LogP contribution in [0, 0.1) is 0 Å². The van der Waals surface area contributed by atoms with Crippen LogP contribution in [0.25, 0.3) is 0 Å². The summed E-state index contributed by atoms with van der Waals surface area (Å²) in [7, 11) is 0. The fraction of sp³-hybridized carbons (Fsp3) is 1.00. The van der Waals surface area contributed by atoms with E-state index >= 15 is 0 Å². The number of hydrogen-bond acceptors (Lipinski definition) is 3. The van der Waals surface area contributed by atoms with Crippen molar-refractivity contribution in [3.05, 3.63) is 0 Å². The molecule has 3 nitrogen and oxygen atoms in total. The zero-order valence-corrected chi connectivity index (χ0v) is 11.0. The maximum absolute atomic E-state index is 8.24. The van der Waals surface area contributed by atoms with Gasteiger partial charge in [0.1, 0.15) is 0 Å². The van der Waals surface area contributed by atoms with Crippen molar-refractivity contribution < 1.29 is 14.6 Å². The molecule has 0 spiro atoms. The maximum Gasteiger partial charge on any atom is 0.0697 e. The lowest BCUT2D eigenvalue weighted by Crippen LogP contribution is -2.09. The summed E-state index contributed by atoms with van der Waals surface area (Å²) in [4.78, 5) is 0. The van der Waals surface area contributed by atoms with E-state index in [2.05, 4.69) is 6.92 Å². The highest BCUT2D eigenvalue weighted by Crippen LogP contribution is 1.93. The predicted octanol–water partition coefficient (Wildman–Crippen LogP) is 2.62. The van der Waals surface area contributed by atoms with Crippen LogP contribution in [0.4, 0.5) is 0 Å². The second-order valence-electron chi connectivity index (χ2n) is 3.92. The van der Waals surface area contributed by atoms with E-state index in [-0.39, 0.29) is 6.61 Å². The molecule has 0 radical (unpaired) electrons. The second-order valence-corrected chi connectivity index (χ2v) is 3.92. The van der Waals surface area contributed by atoms with Gasteiger partial charge in [-0.15, -0.1) is 0 Å². The normalized spacial score (nSPS) is 10.4. The van der Waals surface area contributed by atoms with Crippen molar-refractivity contribution in [1.29, 1.82) is 0 Å². The Kier molecular flexibility index (Phi) is 16.0. The van der Waals surface area contributed by atoms with Gasteiger partial charge in [0.05, 0.1) is 25.4 Å². The smallest absolute Gasteiger partial charge is 0.0697 e. The van der Waals surface area contributed by atoms with Crippen molar-refractivity contribution in [2.45, 2.75) is 59.7 Å². The predicted molar refractivity (Wildman–Crippen MR) is 64.2 cm³/mol. The highest BCUT2D eigenvalue weighted by atomic mass is 16.5. The molecule has 0 atom stereocenters. The highest BCUT2D eigenvalue weighted by molar-refractivity contribution is 4.40. The fourth-order valence-electron chi connectivity index (χ4n) is 0.957. The molecule has 0 aromatic carbocycles. The zero-order valence-electron chi connectivity index (χ0n) is 11.0. The Balaban J connectivity index is 0. The first-order valence-corrected chi connectivity index (χ1v) is 5.88. The summed E-state index contributed by atoms with van der Waals surface area (Å²) in [5.41, 5.74) is 0. The number of aliphatic hydroxyl groups excluding tert-OH is 1. The largest absolute Gasteiger partial charge is 0.394 e. The Hall–Kier alpha value is -0.120. The molecule has 94 valence electrons. The molecule has 0 unspecified atom stereocenters. The third-order valence-corrected chi connectivity index (χ3v) is 1.42. The van der Waals surface area contributed by atoms with E-state index in [1.54, 1.807) is 0 Å². The fourth-order valence-corrected chi connectivity index (χ4v) is 0.957. The SMILES string of the molecule is CC(C)OC(C)C.CCCCOCCO. The van der Waals surface area contributed by atoms with E-state index in [4.69, 9.17) is 14.6 Å². The summed E-state index contributed by atoms with van der Waals surface area (Å²) in [6.45, 7) is 11.7. The van der Waals surface area contributed by atoms with Gasteiger partial charge in [0.25, 0.3) is 0 Å². The van der Waals surface area contributed by atoms with Crippen molar-refractivity contribution in [3.8, 4) is 0 Å². The van der Waals surface area contributed by atoms with E-state index in [0.717, 1.165) is 19.4 Å². The first-order valence-electron chi connectivity index (χ1n) is 5.88. The molecule has 1 N–H and O–H groups in total. The molecule has 0 heterocycles. The van der Waals surface area contributed by atoms with E-state index in [0.29, 0.717) is 18.8 Å². The Labute approximate surface area is 94.8 Å². The van der Waals surface area contributed by atoms with Crippen molar-refractivity contribution in [2.75, 3.05) is 19.8 Å². The van der Waals surface area contributed by atoms with Crippen LogP contribution in [0.2, 0.25) is 0 Å². The van der Waals surface area contributed by atoms with Crippen molar-refractivity contribution in [3.63, 3.8) is 0 Å². The second kappa shape index (κ2) is 13.9. The molecule has 0 aliphatic rings. The lowest BCUT2D eigenvalue weighted by atomic mass is 10.4. The molecular weight excluding hydrogens is 192 g/mol. The molecule has 0 aliphatic carbocycles. The molecule has 0 amide bonds. The highest BCUT2D eigenvalue weighted by Gasteiger charge is 1.94. The number of rotatable bonds is 7. The molecule has 0 fully saturated rings. The summed E-state index contributed by atoms with van der Waals surface area (Å²) >= 11 is 0. The minimum Gasteiger partial charge on any atom is -0.394 e. The average Bonchev–Trinajstić information content (AvgIpc) is 2.11. The summed E-state index contributed by atoms with van der Waals surface area (Å²) in [6, 6.07) is 0. The number of aliphatic hydroxyl groups is 1. The summed E-state index contributed by atoms with van der Waals surface area (Å²) in [5.74, 6) is 0. The molecule has 0 saturated carbocycles. The Bertz CT molecular complexity index is 91.0. The molecule has 0 saturated heterocycles. The third kappa shape index (κ3) is 24.8. The van der Waals surface area contributed by atoms with Crippen LogP contribution >= 0.6 is 0 Å². The van der Waals surface area contributed by atoms with Gasteiger partial charge in [0.2, 0.25) is 0 Å². The van der Waals surface area contributed by atoms with Gasteiger partial charge in [0, 0.05) is 6.61 Å². The molecule has 0 aromatic heterocycles. The lowest BCUT2D eigenvalue weighted by Gasteiger charge is -2.09. The Morgan fingerprint density at radius 3 is 1.80 bits per heavy atom. The molecule has 0 aromatic rings.